The molecule has 0 spiro atoms. The third-order valence-electron chi connectivity index (χ3n) is 3.21. The number of aromatic nitrogens is 1. The molecular formula is C13H19N3O. The van der Waals surface area contributed by atoms with Gasteiger partial charge in [0.25, 0.3) is 0 Å². The number of nitrogens with two attached hydrogens (primary N) is 1. The van der Waals surface area contributed by atoms with Crippen molar-refractivity contribution in [3.8, 4) is 0 Å². The van der Waals surface area contributed by atoms with Crippen LogP contribution in [0.4, 0.5) is 0 Å². The lowest BCUT2D eigenvalue weighted by Gasteiger charge is -2.31. The van der Waals surface area contributed by atoms with Gasteiger partial charge < -0.3 is 5.73 Å². The first kappa shape index (κ1) is 12.0. The van der Waals surface area contributed by atoms with Gasteiger partial charge in [-0.2, -0.15) is 0 Å². The van der Waals surface area contributed by atoms with Crippen LogP contribution in [0.2, 0.25) is 0 Å². The van der Waals surface area contributed by atoms with Crippen LogP contribution in [0.1, 0.15) is 30.1 Å². The molecule has 4 nitrogen and oxygen atoms in total. The minimum Gasteiger partial charge on any atom is -0.369 e. The Balaban J connectivity index is 2.04. The van der Waals surface area contributed by atoms with Crippen LogP contribution in [-0.4, -0.2) is 35.4 Å². The normalized spacial score (nSPS) is 21.4. The molecule has 1 aromatic heterocycles. The molecule has 0 saturated carbocycles. The minimum atomic E-state index is -0.247. The summed E-state index contributed by atoms with van der Waals surface area (Å²) in [6.45, 7) is 4.22. The van der Waals surface area contributed by atoms with Gasteiger partial charge in [0.15, 0.2) is 0 Å². The molecule has 0 bridgehead atoms. The molecule has 0 aromatic carbocycles. The van der Waals surface area contributed by atoms with E-state index in [0.717, 1.165) is 37.3 Å². The first-order chi connectivity index (χ1) is 8.15. The average molecular weight is 233 g/mol. The number of primary amides is 1. The fourth-order valence-electron chi connectivity index (χ4n) is 2.45. The highest BCUT2D eigenvalue weighted by Gasteiger charge is 2.22. The van der Waals surface area contributed by atoms with Gasteiger partial charge in [-0.25, -0.2) is 0 Å². The number of aryl methyl sites for hydroxylation is 1. The van der Waals surface area contributed by atoms with E-state index >= 15 is 0 Å². The number of piperidine rings is 1. The molecule has 2 N–H and O–H groups in total. The van der Waals surface area contributed by atoms with Crippen molar-refractivity contribution in [3.05, 3.63) is 29.6 Å². The molecule has 1 aliphatic rings. The lowest BCUT2D eigenvalue weighted by atomic mass is 9.94. The van der Waals surface area contributed by atoms with Crippen LogP contribution in [-0.2, 0) is 4.79 Å². The van der Waals surface area contributed by atoms with Crippen molar-refractivity contribution in [1.29, 1.82) is 0 Å². The van der Waals surface area contributed by atoms with Crippen molar-refractivity contribution in [2.45, 2.75) is 25.7 Å². The quantitative estimate of drug-likeness (QED) is 0.849. The van der Waals surface area contributed by atoms with Crippen LogP contribution in [0.3, 0.4) is 0 Å². The molecule has 1 aliphatic heterocycles. The lowest BCUT2D eigenvalue weighted by molar-refractivity contribution is -0.119. The van der Waals surface area contributed by atoms with Crippen LogP contribution in [0.5, 0.6) is 0 Å². The highest BCUT2D eigenvalue weighted by Crippen LogP contribution is 2.25. The minimum absolute atomic E-state index is 0.247. The summed E-state index contributed by atoms with van der Waals surface area (Å²) in [6.07, 6.45) is 2.25. The van der Waals surface area contributed by atoms with E-state index in [2.05, 4.69) is 16.0 Å². The fraction of sp³-hybridized carbons (Fsp3) is 0.538. The summed E-state index contributed by atoms with van der Waals surface area (Å²) < 4.78 is 0. The number of pyridine rings is 1. The molecule has 4 heteroatoms. The van der Waals surface area contributed by atoms with Crippen molar-refractivity contribution in [3.63, 3.8) is 0 Å². The maximum atomic E-state index is 10.9. The Kier molecular flexibility index (Phi) is 3.74. The Morgan fingerprint density at radius 2 is 2.41 bits per heavy atom. The second kappa shape index (κ2) is 5.27. The molecule has 1 saturated heterocycles. The zero-order valence-corrected chi connectivity index (χ0v) is 10.2. The number of amides is 1. The summed E-state index contributed by atoms with van der Waals surface area (Å²) >= 11 is 0. The summed E-state index contributed by atoms with van der Waals surface area (Å²) in [6, 6.07) is 6.13. The molecule has 1 amide bonds. The van der Waals surface area contributed by atoms with E-state index in [-0.39, 0.29) is 5.91 Å². The smallest absolute Gasteiger partial charge is 0.231 e. The van der Waals surface area contributed by atoms with Gasteiger partial charge in [0.2, 0.25) is 5.91 Å². The summed E-state index contributed by atoms with van der Waals surface area (Å²) in [7, 11) is 0. The maximum Gasteiger partial charge on any atom is 0.231 e. The molecule has 92 valence electrons. The Bertz CT molecular complexity index is 405. The number of hydrogen-bond donors (Lipinski definition) is 1. The second-order valence-corrected chi connectivity index (χ2v) is 4.74. The van der Waals surface area contributed by atoms with E-state index in [1.165, 1.54) is 0 Å². The molecule has 0 radical (unpaired) electrons. The molecule has 17 heavy (non-hydrogen) atoms. The highest BCUT2D eigenvalue weighted by molar-refractivity contribution is 5.75. The molecule has 2 rings (SSSR count). The van der Waals surface area contributed by atoms with E-state index in [1.807, 2.05) is 19.1 Å². The first-order valence-corrected chi connectivity index (χ1v) is 6.09. The van der Waals surface area contributed by atoms with Crippen molar-refractivity contribution in [2.75, 3.05) is 19.6 Å². The Hall–Kier alpha value is -1.42. The molecule has 0 aliphatic carbocycles. The maximum absolute atomic E-state index is 10.9. The number of hydrogen-bond acceptors (Lipinski definition) is 3. The zero-order valence-electron chi connectivity index (χ0n) is 10.2. The average Bonchev–Trinajstić information content (AvgIpc) is 2.28. The van der Waals surface area contributed by atoms with Gasteiger partial charge in [0, 0.05) is 23.9 Å². The van der Waals surface area contributed by atoms with E-state index < -0.39 is 0 Å². The van der Waals surface area contributed by atoms with E-state index in [4.69, 9.17) is 5.73 Å². The van der Waals surface area contributed by atoms with Crippen molar-refractivity contribution >= 4 is 5.91 Å². The van der Waals surface area contributed by atoms with E-state index in [1.54, 1.807) is 0 Å². The number of likely N-dealkylation sites (tertiary alicyclic amines) is 1. The topological polar surface area (TPSA) is 59.2 Å². The molecule has 2 heterocycles. The summed E-state index contributed by atoms with van der Waals surface area (Å²) in [5.74, 6) is 0.186. The van der Waals surface area contributed by atoms with Crippen molar-refractivity contribution in [1.82, 2.24) is 9.88 Å². The predicted molar refractivity (Wildman–Crippen MR) is 66.6 cm³/mol. The molecule has 0 unspecified atom stereocenters. The molecule has 1 fully saturated rings. The van der Waals surface area contributed by atoms with Gasteiger partial charge >= 0.3 is 0 Å². The monoisotopic (exact) mass is 233 g/mol. The van der Waals surface area contributed by atoms with Crippen LogP contribution >= 0.6 is 0 Å². The van der Waals surface area contributed by atoms with Gasteiger partial charge in [-0.3, -0.25) is 14.7 Å². The largest absolute Gasteiger partial charge is 0.369 e. The Morgan fingerprint density at radius 3 is 3.12 bits per heavy atom. The predicted octanol–water partition coefficient (Wildman–Crippen LogP) is 1.05. The van der Waals surface area contributed by atoms with Gasteiger partial charge in [-0.1, -0.05) is 6.07 Å². The van der Waals surface area contributed by atoms with Crippen LogP contribution in [0.25, 0.3) is 0 Å². The lowest BCUT2D eigenvalue weighted by Crippen LogP contribution is -2.40. The van der Waals surface area contributed by atoms with E-state index in [0.29, 0.717) is 12.5 Å². The van der Waals surface area contributed by atoms with Gasteiger partial charge in [-0.05, 0) is 38.4 Å². The number of nitrogens with zero attached hydrogens (tertiary/aromatic N) is 2. The molecular weight excluding hydrogens is 214 g/mol. The van der Waals surface area contributed by atoms with Crippen molar-refractivity contribution in [2.24, 2.45) is 5.73 Å². The first-order valence-electron chi connectivity index (χ1n) is 6.09. The highest BCUT2D eigenvalue weighted by atomic mass is 16.1. The van der Waals surface area contributed by atoms with Crippen LogP contribution < -0.4 is 5.73 Å². The molecule has 1 aromatic rings. The Labute approximate surface area is 102 Å². The SMILES string of the molecule is Cc1cccc([C@H]2CCCN(CC(N)=O)C2)n1. The third kappa shape index (κ3) is 3.27. The summed E-state index contributed by atoms with van der Waals surface area (Å²) in [5.41, 5.74) is 7.42. The third-order valence-corrected chi connectivity index (χ3v) is 3.21. The zero-order chi connectivity index (χ0) is 12.3. The van der Waals surface area contributed by atoms with Crippen molar-refractivity contribution < 1.29 is 4.79 Å². The number of rotatable bonds is 3. The summed E-state index contributed by atoms with van der Waals surface area (Å²) in [5, 5.41) is 0. The van der Waals surface area contributed by atoms with E-state index in [9.17, 15) is 4.79 Å². The van der Waals surface area contributed by atoms with Gasteiger partial charge in [0.05, 0.1) is 6.54 Å². The van der Waals surface area contributed by atoms with Gasteiger partial charge in [-0.15, -0.1) is 0 Å². The molecule has 1 atom stereocenters. The summed E-state index contributed by atoms with van der Waals surface area (Å²) in [4.78, 5) is 17.6. The van der Waals surface area contributed by atoms with Crippen LogP contribution in [0.15, 0.2) is 18.2 Å². The van der Waals surface area contributed by atoms with Crippen LogP contribution in [0, 0.1) is 6.92 Å². The number of carbonyl (C=O) groups is 1. The standard InChI is InChI=1S/C13H19N3O/c1-10-4-2-6-12(15-10)11-5-3-7-16(8-11)9-13(14)17/h2,4,6,11H,3,5,7-9H2,1H3,(H2,14,17)/t11-/m0/s1. The van der Waals surface area contributed by atoms with Gasteiger partial charge in [0.1, 0.15) is 0 Å². The fourth-order valence-corrected chi connectivity index (χ4v) is 2.45. The second-order valence-electron chi connectivity index (χ2n) is 4.74. The number of carbonyl (C=O) groups excluding carboxylic acids is 1. The Morgan fingerprint density at radius 1 is 1.59 bits per heavy atom.